The van der Waals surface area contributed by atoms with Crippen LogP contribution in [0.3, 0.4) is 0 Å². The molecule has 1 amide bonds. The fourth-order valence-corrected chi connectivity index (χ4v) is 2.93. The molecule has 112 valence electrons. The summed E-state index contributed by atoms with van der Waals surface area (Å²) in [6.45, 7) is 5.31. The number of nitrogens with zero attached hydrogens (tertiary/aromatic N) is 4. The first kappa shape index (κ1) is 13.9. The molecule has 0 radical (unpaired) electrons. The van der Waals surface area contributed by atoms with E-state index in [1.54, 1.807) is 6.20 Å². The summed E-state index contributed by atoms with van der Waals surface area (Å²) < 4.78 is 7.22. The minimum atomic E-state index is 0.147. The van der Waals surface area contributed by atoms with Crippen LogP contribution in [0.25, 0.3) is 0 Å². The molecule has 1 aliphatic heterocycles. The monoisotopic (exact) mass is 288 g/mol. The summed E-state index contributed by atoms with van der Waals surface area (Å²) in [6.07, 6.45) is 8.06. The van der Waals surface area contributed by atoms with Crippen molar-refractivity contribution < 1.29 is 9.32 Å². The Labute approximate surface area is 123 Å². The number of hydrogen-bond acceptors (Lipinski definition) is 4. The molecule has 1 fully saturated rings. The third kappa shape index (κ3) is 2.84. The van der Waals surface area contributed by atoms with E-state index in [2.05, 4.69) is 14.7 Å². The van der Waals surface area contributed by atoms with Gasteiger partial charge in [-0.25, -0.2) is 4.98 Å². The van der Waals surface area contributed by atoms with Crippen LogP contribution in [-0.4, -0.2) is 38.6 Å². The Morgan fingerprint density at radius 3 is 3.00 bits per heavy atom. The first-order valence-electron chi connectivity index (χ1n) is 7.32. The van der Waals surface area contributed by atoms with Crippen molar-refractivity contribution in [2.75, 3.05) is 13.1 Å². The maximum atomic E-state index is 12.5. The number of rotatable bonds is 3. The number of carbonyl (C=O) groups is 1. The number of aromatic nitrogens is 3. The van der Waals surface area contributed by atoms with Gasteiger partial charge in [0.15, 0.2) is 0 Å². The normalized spacial score (nSPS) is 19.0. The molecule has 0 aliphatic carbocycles. The van der Waals surface area contributed by atoms with Crippen molar-refractivity contribution in [3.63, 3.8) is 0 Å². The molecule has 6 nitrogen and oxygen atoms in total. The molecule has 1 saturated heterocycles. The topological polar surface area (TPSA) is 64.2 Å². The zero-order valence-electron chi connectivity index (χ0n) is 12.5. The summed E-state index contributed by atoms with van der Waals surface area (Å²) in [5.41, 5.74) is 1.73. The number of carbonyl (C=O) groups excluding carboxylic acids is 1. The highest BCUT2D eigenvalue weighted by molar-refractivity contribution is 5.79. The van der Waals surface area contributed by atoms with Crippen LogP contribution in [0.2, 0.25) is 0 Å². The average molecular weight is 288 g/mol. The molecule has 2 aromatic heterocycles. The highest BCUT2D eigenvalue weighted by Gasteiger charge is 2.25. The Balaban J connectivity index is 1.67. The van der Waals surface area contributed by atoms with Gasteiger partial charge in [-0.05, 0) is 26.7 Å². The minimum Gasteiger partial charge on any atom is -0.361 e. The van der Waals surface area contributed by atoms with E-state index in [0.29, 0.717) is 12.5 Å². The van der Waals surface area contributed by atoms with E-state index < -0.39 is 0 Å². The van der Waals surface area contributed by atoms with Gasteiger partial charge in [-0.2, -0.15) is 0 Å². The van der Waals surface area contributed by atoms with E-state index in [-0.39, 0.29) is 5.91 Å². The molecule has 3 heterocycles. The summed E-state index contributed by atoms with van der Waals surface area (Å²) in [5.74, 6) is 0.887. The molecular formula is C15H20N4O2. The lowest BCUT2D eigenvalue weighted by atomic mass is 10.0. The Hall–Kier alpha value is -2.11. The maximum absolute atomic E-state index is 12.5. The first-order chi connectivity index (χ1) is 10.1. The molecule has 1 aliphatic rings. The van der Waals surface area contributed by atoms with Crippen molar-refractivity contribution in [3.05, 3.63) is 35.7 Å². The van der Waals surface area contributed by atoms with Crippen LogP contribution in [0.4, 0.5) is 0 Å². The quantitative estimate of drug-likeness (QED) is 0.865. The van der Waals surface area contributed by atoms with Crippen LogP contribution in [0, 0.1) is 13.8 Å². The highest BCUT2D eigenvalue weighted by Crippen LogP contribution is 2.22. The number of amides is 1. The van der Waals surface area contributed by atoms with Crippen LogP contribution in [0.15, 0.2) is 23.2 Å². The zero-order valence-corrected chi connectivity index (χ0v) is 12.5. The molecule has 2 aromatic rings. The smallest absolute Gasteiger partial charge is 0.227 e. The second kappa shape index (κ2) is 5.71. The molecule has 1 unspecified atom stereocenters. The third-order valence-corrected chi connectivity index (χ3v) is 4.20. The molecule has 0 bridgehead atoms. The third-order valence-electron chi connectivity index (χ3n) is 4.20. The van der Waals surface area contributed by atoms with E-state index in [1.165, 1.54) is 0 Å². The molecule has 0 aromatic carbocycles. The van der Waals surface area contributed by atoms with Crippen LogP contribution in [-0.2, 0) is 11.2 Å². The lowest BCUT2D eigenvalue weighted by Crippen LogP contribution is -2.41. The van der Waals surface area contributed by atoms with Gasteiger partial charge < -0.3 is 14.0 Å². The van der Waals surface area contributed by atoms with Gasteiger partial charge in [-0.15, -0.1) is 0 Å². The predicted molar refractivity (Wildman–Crippen MR) is 76.8 cm³/mol. The standard InChI is InChI=1S/C15H20N4O2/c1-11-14(12(2)21-17-11)8-15(20)18-6-3-4-13(9-18)19-7-5-16-10-19/h5,7,10,13H,3-4,6,8-9H2,1-2H3. The number of aryl methyl sites for hydroxylation is 2. The molecule has 1 atom stereocenters. The Bertz CT molecular complexity index is 598. The van der Waals surface area contributed by atoms with Crippen molar-refractivity contribution in [1.29, 1.82) is 0 Å². The van der Waals surface area contributed by atoms with Gasteiger partial charge in [0.1, 0.15) is 5.76 Å². The van der Waals surface area contributed by atoms with Crippen molar-refractivity contribution >= 4 is 5.91 Å². The van der Waals surface area contributed by atoms with E-state index in [9.17, 15) is 4.79 Å². The van der Waals surface area contributed by atoms with Gasteiger partial charge in [0.2, 0.25) is 5.91 Å². The first-order valence-corrected chi connectivity index (χ1v) is 7.32. The van der Waals surface area contributed by atoms with E-state index in [0.717, 1.165) is 42.9 Å². The summed E-state index contributed by atoms with van der Waals surface area (Å²) in [6, 6.07) is 0.329. The molecule has 6 heteroatoms. The van der Waals surface area contributed by atoms with Crippen molar-refractivity contribution in [2.45, 2.75) is 39.2 Å². The summed E-state index contributed by atoms with van der Waals surface area (Å²) in [4.78, 5) is 18.6. The van der Waals surface area contributed by atoms with Crippen molar-refractivity contribution in [1.82, 2.24) is 19.6 Å². The lowest BCUT2D eigenvalue weighted by Gasteiger charge is -2.33. The minimum absolute atomic E-state index is 0.147. The number of piperidine rings is 1. The second-order valence-electron chi connectivity index (χ2n) is 5.63. The van der Waals surface area contributed by atoms with Gasteiger partial charge in [0.25, 0.3) is 0 Å². The van der Waals surface area contributed by atoms with E-state index >= 15 is 0 Å². The van der Waals surface area contributed by atoms with Crippen molar-refractivity contribution in [3.8, 4) is 0 Å². The molecule has 0 N–H and O–H groups in total. The Kier molecular flexibility index (Phi) is 3.77. The van der Waals surface area contributed by atoms with E-state index in [1.807, 2.05) is 31.3 Å². The zero-order chi connectivity index (χ0) is 14.8. The summed E-state index contributed by atoms with van der Waals surface area (Å²) in [7, 11) is 0. The largest absolute Gasteiger partial charge is 0.361 e. The molecule has 3 rings (SSSR count). The summed E-state index contributed by atoms with van der Waals surface area (Å²) >= 11 is 0. The summed E-state index contributed by atoms with van der Waals surface area (Å²) in [5, 5.41) is 3.91. The fraction of sp³-hybridized carbons (Fsp3) is 0.533. The SMILES string of the molecule is Cc1noc(C)c1CC(=O)N1CCCC(n2ccnc2)C1. The van der Waals surface area contributed by atoms with Gasteiger partial charge in [-0.1, -0.05) is 5.16 Å². The van der Waals surface area contributed by atoms with Gasteiger partial charge in [0.05, 0.1) is 24.5 Å². The van der Waals surface area contributed by atoms with Crippen LogP contribution in [0.5, 0.6) is 0 Å². The van der Waals surface area contributed by atoms with Crippen LogP contribution in [0.1, 0.15) is 35.9 Å². The molecule has 21 heavy (non-hydrogen) atoms. The number of imidazole rings is 1. The van der Waals surface area contributed by atoms with Gasteiger partial charge in [-0.3, -0.25) is 4.79 Å². The molecular weight excluding hydrogens is 268 g/mol. The average Bonchev–Trinajstić information content (AvgIpc) is 3.13. The van der Waals surface area contributed by atoms with Gasteiger partial charge in [0, 0.05) is 31.0 Å². The lowest BCUT2D eigenvalue weighted by molar-refractivity contribution is -0.132. The van der Waals surface area contributed by atoms with E-state index in [4.69, 9.17) is 4.52 Å². The highest BCUT2D eigenvalue weighted by atomic mass is 16.5. The molecule has 0 spiro atoms. The van der Waals surface area contributed by atoms with Crippen LogP contribution < -0.4 is 0 Å². The van der Waals surface area contributed by atoms with Gasteiger partial charge >= 0.3 is 0 Å². The fourth-order valence-electron chi connectivity index (χ4n) is 2.93. The van der Waals surface area contributed by atoms with Crippen LogP contribution >= 0.6 is 0 Å². The number of likely N-dealkylation sites (tertiary alicyclic amines) is 1. The second-order valence-corrected chi connectivity index (χ2v) is 5.63. The van der Waals surface area contributed by atoms with Crippen molar-refractivity contribution in [2.24, 2.45) is 0 Å². The Morgan fingerprint density at radius 2 is 2.33 bits per heavy atom. The Morgan fingerprint density at radius 1 is 1.48 bits per heavy atom. The molecule has 0 saturated carbocycles. The predicted octanol–water partition coefficient (Wildman–Crippen LogP) is 1.89. The number of hydrogen-bond donors (Lipinski definition) is 0. The maximum Gasteiger partial charge on any atom is 0.227 e.